The van der Waals surface area contributed by atoms with Crippen molar-refractivity contribution >= 4 is 6.34 Å². The molecule has 0 radical (unpaired) electrons. The third-order valence-corrected chi connectivity index (χ3v) is 4.35. The van der Waals surface area contributed by atoms with Crippen LogP contribution in [0.4, 0.5) is 0 Å². The van der Waals surface area contributed by atoms with E-state index in [4.69, 9.17) is 0 Å². The van der Waals surface area contributed by atoms with E-state index >= 15 is 0 Å². The molecule has 1 rings (SSSR count). The van der Waals surface area contributed by atoms with Crippen LogP contribution in [-0.2, 0) is 0 Å². The van der Waals surface area contributed by atoms with Gasteiger partial charge in [0, 0.05) is 0 Å². The predicted molar refractivity (Wildman–Crippen MR) is 85.6 cm³/mol. The number of hydrogen-bond donors (Lipinski definition) is 1. The lowest BCUT2D eigenvalue weighted by Gasteiger charge is -2.35. The number of nitrogens with one attached hydrogen (secondary N) is 1. The second-order valence-electron chi connectivity index (χ2n) is 6.17. The first-order valence-electron chi connectivity index (χ1n) is 8.17. The molecule has 1 N–H and O–H groups in total. The minimum absolute atomic E-state index is 0.345. The van der Waals surface area contributed by atoms with Gasteiger partial charge in [-0.1, -0.05) is 65.7 Å². The molecule has 2 unspecified atom stereocenters. The van der Waals surface area contributed by atoms with Crippen LogP contribution < -0.4 is 5.32 Å². The van der Waals surface area contributed by atoms with Gasteiger partial charge < -0.3 is 5.32 Å². The van der Waals surface area contributed by atoms with Gasteiger partial charge in [-0.05, 0) is 30.5 Å². The quantitative estimate of drug-likeness (QED) is 0.548. The van der Waals surface area contributed by atoms with Gasteiger partial charge in [0.2, 0.25) is 0 Å². The van der Waals surface area contributed by atoms with Crippen molar-refractivity contribution in [2.24, 2.45) is 10.4 Å². The van der Waals surface area contributed by atoms with E-state index in [1.54, 1.807) is 0 Å². The zero-order valence-corrected chi connectivity index (χ0v) is 13.1. The Morgan fingerprint density at radius 1 is 1.00 bits per heavy atom. The van der Waals surface area contributed by atoms with Crippen LogP contribution in [0, 0.1) is 5.41 Å². The third kappa shape index (κ3) is 5.80. The molecule has 0 fully saturated rings. The van der Waals surface area contributed by atoms with Gasteiger partial charge in [0.1, 0.15) is 0 Å². The van der Waals surface area contributed by atoms with Crippen LogP contribution >= 0.6 is 0 Å². The monoisotopic (exact) mass is 264 g/mol. The molecule has 2 atom stereocenters. The van der Waals surface area contributed by atoms with Gasteiger partial charge >= 0.3 is 0 Å². The summed E-state index contributed by atoms with van der Waals surface area (Å²) >= 11 is 0. The van der Waals surface area contributed by atoms with Gasteiger partial charge in [-0.15, -0.1) is 0 Å². The second-order valence-corrected chi connectivity index (χ2v) is 6.17. The van der Waals surface area contributed by atoms with Crippen LogP contribution in [0.25, 0.3) is 0 Å². The highest BCUT2D eigenvalue weighted by molar-refractivity contribution is 5.58. The lowest BCUT2D eigenvalue weighted by Crippen LogP contribution is -2.32. The molecule has 0 saturated carbocycles. The van der Waals surface area contributed by atoms with E-state index in [1.165, 1.54) is 57.8 Å². The molecular weight excluding hydrogens is 232 g/mol. The lowest BCUT2D eigenvalue weighted by atomic mass is 9.73. The molecule has 0 aromatic carbocycles. The van der Waals surface area contributed by atoms with Crippen molar-refractivity contribution in [3.8, 4) is 0 Å². The topological polar surface area (TPSA) is 24.4 Å². The Labute approximate surface area is 119 Å². The third-order valence-electron chi connectivity index (χ3n) is 4.35. The van der Waals surface area contributed by atoms with Crippen molar-refractivity contribution in [2.45, 2.75) is 84.6 Å². The second kappa shape index (κ2) is 9.17. The Kier molecular flexibility index (Phi) is 7.85. The average molecular weight is 264 g/mol. The van der Waals surface area contributed by atoms with Crippen molar-refractivity contribution in [3.05, 3.63) is 12.3 Å². The molecule has 2 nitrogen and oxygen atoms in total. The Balaban J connectivity index is 2.52. The Morgan fingerprint density at radius 3 is 2.21 bits per heavy atom. The summed E-state index contributed by atoms with van der Waals surface area (Å²) in [6.45, 7) is 6.99. The van der Waals surface area contributed by atoms with E-state index in [1.807, 2.05) is 12.5 Å². The molecule has 2 heteroatoms. The van der Waals surface area contributed by atoms with E-state index in [2.05, 4.69) is 37.2 Å². The molecule has 0 aliphatic carbocycles. The maximum Gasteiger partial charge on any atom is 0.0870 e. The number of unbranched alkanes of at least 4 members (excludes halogenated alkanes) is 5. The first-order valence-corrected chi connectivity index (χ1v) is 8.17. The van der Waals surface area contributed by atoms with Crippen LogP contribution in [0.3, 0.4) is 0 Å². The SMILES string of the molecule is CCCCCCC(C)(CCCCC)C1C=CNC=N1. The van der Waals surface area contributed by atoms with Crippen molar-refractivity contribution in [2.75, 3.05) is 0 Å². The Bertz CT molecular complexity index is 271. The van der Waals surface area contributed by atoms with Gasteiger partial charge in [-0.25, -0.2) is 0 Å². The minimum atomic E-state index is 0.345. The Morgan fingerprint density at radius 2 is 1.63 bits per heavy atom. The summed E-state index contributed by atoms with van der Waals surface area (Å²) in [5, 5.41) is 3.06. The Hall–Kier alpha value is -0.790. The van der Waals surface area contributed by atoms with Gasteiger partial charge in [0.05, 0.1) is 12.4 Å². The molecule has 0 saturated heterocycles. The molecule has 0 spiro atoms. The first-order chi connectivity index (χ1) is 9.23. The fourth-order valence-corrected chi connectivity index (χ4v) is 2.93. The maximum absolute atomic E-state index is 4.66. The molecule has 19 heavy (non-hydrogen) atoms. The average Bonchev–Trinajstić information content (AvgIpc) is 2.45. The van der Waals surface area contributed by atoms with E-state index in [0.717, 1.165) is 0 Å². The normalized spacial score (nSPS) is 21.1. The summed E-state index contributed by atoms with van der Waals surface area (Å²) in [4.78, 5) is 4.66. The van der Waals surface area contributed by atoms with Gasteiger partial charge in [0.25, 0.3) is 0 Å². The molecule has 0 aromatic rings. The number of hydrogen-bond acceptors (Lipinski definition) is 2. The smallest absolute Gasteiger partial charge is 0.0870 e. The highest BCUT2D eigenvalue weighted by Gasteiger charge is 2.31. The van der Waals surface area contributed by atoms with Crippen LogP contribution in [0.5, 0.6) is 0 Å². The van der Waals surface area contributed by atoms with E-state index < -0.39 is 0 Å². The van der Waals surface area contributed by atoms with Gasteiger partial charge in [-0.3, -0.25) is 4.99 Å². The van der Waals surface area contributed by atoms with Crippen molar-refractivity contribution in [1.82, 2.24) is 5.32 Å². The molecule has 1 heterocycles. The van der Waals surface area contributed by atoms with Crippen LogP contribution in [-0.4, -0.2) is 12.4 Å². The molecule has 110 valence electrons. The first kappa shape index (κ1) is 16.3. The minimum Gasteiger partial charge on any atom is -0.353 e. The largest absolute Gasteiger partial charge is 0.353 e. The summed E-state index contributed by atoms with van der Waals surface area (Å²) in [5.41, 5.74) is 0.345. The highest BCUT2D eigenvalue weighted by atomic mass is 15.0. The number of rotatable bonds is 10. The predicted octanol–water partition coefficient (Wildman–Crippen LogP) is 5.06. The summed E-state index contributed by atoms with van der Waals surface area (Å²) in [6.07, 6.45) is 18.2. The molecule has 1 aliphatic heterocycles. The fraction of sp³-hybridized carbons (Fsp3) is 0.824. The van der Waals surface area contributed by atoms with Crippen molar-refractivity contribution in [3.63, 3.8) is 0 Å². The number of aliphatic imine (C=N–C) groups is 1. The van der Waals surface area contributed by atoms with Gasteiger partial charge in [-0.2, -0.15) is 0 Å². The van der Waals surface area contributed by atoms with Crippen LogP contribution in [0.15, 0.2) is 17.3 Å². The molecular formula is C17H32N2. The summed E-state index contributed by atoms with van der Waals surface area (Å²) in [5.74, 6) is 0. The highest BCUT2D eigenvalue weighted by Crippen LogP contribution is 2.37. The van der Waals surface area contributed by atoms with Gasteiger partial charge in [0.15, 0.2) is 0 Å². The standard InChI is InChI=1S/C17H32N2/c1-4-6-8-10-13-17(3,12-9-7-5-2)16-11-14-18-15-19-16/h11,14-16H,4-10,12-13H2,1-3H3,(H,18,19). The van der Waals surface area contributed by atoms with Crippen molar-refractivity contribution < 1.29 is 0 Å². The molecule has 0 aromatic heterocycles. The molecule has 1 aliphatic rings. The fourth-order valence-electron chi connectivity index (χ4n) is 2.93. The van der Waals surface area contributed by atoms with Crippen molar-refractivity contribution in [1.29, 1.82) is 0 Å². The lowest BCUT2D eigenvalue weighted by molar-refractivity contribution is 0.225. The summed E-state index contributed by atoms with van der Waals surface area (Å²) in [7, 11) is 0. The van der Waals surface area contributed by atoms with E-state index in [9.17, 15) is 0 Å². The zero-order valence-electron chi connectivity index (χ0n) is 13.1. The van der Waals surface area contributed by atoms with Crippen LogP contribution in [0.1, 0.15) is 78.6 Å². The summed E-state index contributed by atoms with van der Waals surface area (Å²) in [6, 6.07) is 0.368. The summed E-state index contributed by atoms with van der Waals surface area (Å²) < 4.78 is 0. The van der Waals surface area contributed by atoms with Crippen LogP contribution in [0.2, 0.25) is 0 Å². The van der Waals surface area contributed by atoms with E-state index in [-0.39, 0.29) is 0 Å². The molecule has 0 bridgehead atoms. The molecule has 0 amide bonds. The maximum atomic E-state index is 4.66. The van der Waals surface area contributed by atoms with E-state index in [0.29, 0.717) is 11.5 Å². The zero-order chi connectivity index (χ0) is 14.0. The number of nitrogens with zero attached hydrogens (tertiary/aromatic N) is 1.